The van der Waals surface area contributed by atoms with Crippen molar-refractivity contribution in [2.75, 3.05) is 55.4 Å². The number of hydrogen-bond donors (Lipinski definition) is 0. The number of anilines is 2. The number of fused-ring (bicyclic) bond motifs is 2. The van der Waals surface area contributed by atoms with Crippen molar-refractivity contribution in [2.45, 2.75) is 64.1 Å². The molecular weight excluding hydrogens is 647 g/mol. The molecule has 0 saturated carbocycles. The maximum Gasteiger partial charge on any atom is 0.410 e. The molecule has 256 valence electrons. The molecule has 12 nitrogen and oxygen atoms in total. The summed E-state index contributed by atoms with van der Waals surface area (Å²) in [6, 6.07) is 14.9. The van der Waals surface area contributed by atoms with E-state index in [0.29, 0.717) is 63.9 Å². The van der Waals surface area contributed by atoms with E-state index in [-0.39, 0.29) is 17.9 Å². The average Bonchev–Trinajstić information content (AvgIpc) is 3.47. The van der Waals surface area contributed by atoms with E-state index in [9.17, 15) is 13.2 Å². The molecule has 48 heavy (non-hydrogen) atoms. The summed E-state index contributed by atoms with van der Waals surface area (Å²) < 4.78 is 39.0. The van der Waals surface area contributed by atoms with E-state index in [4.69, 9.17) is 9.47 Å². The lowest BCUT2D eigenvalue weighted by molar-refractivity contribution is 0.0817. The third-order valence-electron chi connectivity index (χ3n) is 8.92. The van der Waals surface area contributed by atoms with Crippen LogP contribution in [0.2, 0.25) is 25.7 Å². The number of nitrogens with zero attached hydrogens (tertiary/aromatic N) is 7. The van der Waals surface area contributed by atoms with Crippen LogP contribution in [0.25, 0.3) is 10.9 Å². The summed E-state index contributed by atoms with van der Waals surface area (Å²) >= 11 is 0. The van der Waals surface area contributed by atoms with Gasteiger partial charge in [-0.2, -0.15) is 5.10 Å². The lowest BCUT2D eigenvalue weighted by atomic mass is 10.0. The van der Waals surface area contributed by atoms with E-state index in [1.54, 1.807) is 4.90 Å². The number of piperazine rings is 1. The number of carbonyl (C=O) groups is 1. The predicted molar refractivity (Wildman–Crippen MR) is 189 cm³/mol. The summed E-state index contributed by atoms with van der Waals surface area (Å²) in [5.74, 6) is 0.635. The van der Waals surface area contributed by atoms with Crippen LogP contribution in [0.4, 0.5) is 16.3 Å². The van der Waals surface area contributed by atoms with Crippen molar-refractivity contribution in [3.63, 3.8) is 0 Å². The zero-order chi connectivity index (χ0) is 34.1. The van der Waals surface area contributed by atoms with Crippen LogP contribution in [0.1, 0.15) is 22.4 Å². The van der Waals surface area contributed by atoms with Crippen molar-refractivity contribution in [2.24, 2.45) is 0 Å². The summed E-state index contributed by atoms with van der Waals surface area (Å²) in [6.45, 7) is 13.5. The molecule has 2 aliphatic rings. The molecule has 1 amide bonds. The van der Waals surface area contributed by atoms with E-state index in [0.717, 1.165) is 52.2 Å². The second-order valence-electron chi connectivity index (χ2n) is 13.9. The Bertz CT molecular complexity index is 1890. The summed E-state index contributed by atoms with van der Waals surface area (Å²) in [5, 5.41) is 5.51. The molecule has 0 radical (unpaired) electrons. The average molecular weight is 692 g/mol. The van der Waals surface area contributed by atoms with E-state index < -0.39 is 17.9 Å². The summed E-state index contributed by atoms with van der Waals surface area (Å²) in [7, 11) is -4.86. The van der Waals surface area contributed by atoms with Gasteiger partial charge in [0.1, 0.15) is 19.2 Å². The first kappa shape index (κ1) is 33.9. The number of benzene rings is 2. The topological polar surface area (TPSA) is 123 Å². The zero-order valence-electron chi connectivity index (χ0n) is 28.5. The van der Waals surface area contributed by atoms with Gasteiger partial charge in [-0.15, -0.1) is 0 Å². The molecule has 4 heterocycles. The van der Waals surface area contributed by atoms with Gasteiger partial charge in [-0.25, -0.2) is 27.9 Å². The van der Waals surface area contributed by atoms with Gasteiger partial charge in [0.2, 0.25) is 15.0 Å². The highest BCUT2D eigenvalue weighted by Crippen LogP contribution is 2.36. The zero-order valence-corrected chi connectivity index (χ0v) is 30.3. The van der Waals surface area contributed by atoms with E-state index in [1.165, 1.54) is 0 Å². The number of amides is 1. The Morgan fingerprint density at radius 1 is 0.958 bits per heavy atom. The molecule has 4 aromatic rings. The molecule has 1 fully saturated rings. The van der Waals surface area contributed by atoms with Gasteiger partial charge in [-0.05, 0) is 36.6 Å². The minimum atomic E-state index is -3.67. The number of sulfone groups is 1. The largest absolute Gasteiger partial charge is 0.445 e. The minimum absolute atomic E-state index is 0.180. The van der Waals surface area contributed by atoms with Crippen molar-refractivity contribution >= 4 is 46.4 Å². The highest BCUT2D eigenvalue weighted by Gasteiger charge is 2.31. The SMILES string of the molecule is Cc1ccc2c(cnn2COCC[Si](C)(C)C)c1N1CCc2c(nc(S(C)(=O)=O)nc2N2CCN(C(=O)OCc3ccccc3)CC2)C1. The molecule has 2 aliphatic heterocycles. The lowest BCUT2D eigenvalue weighted by Gasteiger charge is -2.38. The molecule has 0 bridgehead atoms. The van der Waals surface area contributed by atoms with Crippen LogP contribution in [0.15, 0.2) is 53.8 Å². The minimum Gasteiger partial charge on any atom is -0.445 e. The van der Waals surface area contributed by atoms with Crippen LogP contribution >= 0.6 is 0 Å². The van der Waals surface area contributed by atoms with Crippen LogP contribution in [-0.2, 0) is 45.6 Å². The van der Waals surface area contributed by atoms with Crippen LogP contribution in [0.3, 0.4) is 0 Å². The van der Waals surface area contributed by atoms with E-state index >= 15 is 0 Å². The smallest absolute Gasteiger partial charge is 0.410 e. The second kappa shape index (κ2) is 13.8. The molecule has 2 aromatic heterocycles. The summed E-state index contributed by atoms with van der Waals surface area (Å²) in [5.41, 5.74) is 5.76. The number of hydrogen-bond acceptors (Lipinski definition) is 10. The number of carbonyl (C=O) groups excluding carboxylic acids is 1. The number of aromatic nitrogens is 4. The molecule has 0 aliphatic carbocycles. The highest BCUT2D eigenvalue weighted by molar-refractivity contribution is 7.90. The van der Waals surface area contributed by atoms with Gasteiger partial charge in [-0.1, -0.05) is 56.0 Å². The first-order valence-corrected chi connectivity index (χ1v) is 22.1. The van der Waals surface area contributed by atoms with Gasteiger partial charge in [0.15, 0.2) is 0 Å². The van der Waals surface area contributed by atoms with Gasteiger partial charge in [0.05, 0.1) is 29.6 Å². The summed E-state index contributed by atoms with van der Waals surface area (Å²) in [6.07, 6.45) is 3.33. The van der Waals surface area contributed by atoms with Crippen LogP contribution in [0.5, 0.6) is 0 Å². The molecule has 1 saturated heterocycles. The molecule has 14 heteroatoms. The Hall–Kier alpha value is -4.01. The second-order valence-corrected chi connectivity index (χ2v) is 21.4. The van der Waals surface area contributed by atoms with Crippen LogP contribution in [-0.4, -0.2) is 92.8 Å². The normalized spacial score (nSPS) is 15.6. The van der Waals surface area contributed by atoms with Crippen LogP contribution < -0.4 is 9.80 Å². The standard InChI is InChI=1S/C34H45N7O5SSi/c1-25-11-12-30-28(21-35-41(30)24-45-19-20-48(3,4)5)31(25)40-14-13-27-29(22-40)36-33(47(2,43)44)37-32(27)38-15-17-39(18-16-38)34(42)46-23-26-9-7-6-8-10-26/h6-12,21H,13-20,22-24H2,1-5H3. The van der Waals surface area contributed by atoms with Crippen molar-refractivity contribution < 1.29 is 22.7 Å². The Labute approximate surface area is 283 Å². The predicted octanol–water partition coefficient (Wildman–Crippen LogP) is 4.87. The van der Waals surface area contributed by atoms with E-state index in [2.05, 4.69) is 63.6 Å². The fraction of sp³-hybridized carbons (Fsp3) is 0.471. The quantitative estimate of drug-likeness (QED) is 0.129. The Kier molecular flexibility index (Phi) is 9.77. The Morgan fingerprint density at radius 3 is 2.42 bits per heavy atom. The fourth-order valence-electron chi connectivity index (χ4n) is 6.22. The molecule has 6 rings (SSSR count). The van der Waals surface area contributed by atoms with Crippen LogP contribution in [0, 0.1) is 6.92 Å². The van der Waals surface area contributed by atoms with Crippen molar-refractivity contribution in [3.8, 4) is 0 Å². The Balaban J connectivity index is 1.20. The number of rotatable bonds is 10. The van der Waals surface area contributed by atoms with Crippen molar-refractivity contribution in [1.29, 1.82) is 0 Å². The molecule has 0 unspecified atom stereocenters. The van der Waals surface area contributed by atoms with E-state index in [1.807, 2.05) is 41.2 Å². The lowest BCUT2D eigenvalue weighted by Crippen LogP contribution is -2.49. The van der Waals surface area contributed by atoms with Crippen molar-refractivity contribution in [1.82, 2.24) is 24.6 Å². The van der Waals surface area contributed by atoms with Crippen molar-refractivity contribution in [3.05, 3.63) is 71.0 Å². The van der Waals surface area contributed by atoms with Gasteiger partial charge in [0, 0.05) is 64.6 Å². The maximum absolute atomic E-state index is 12.8. The third kappa shape index (κ3) is 7.66. The molecule has 0 atom stereocenters. The fourth-order valence-corrected chi connectivity index (χ4v) is 7.50. The van der Waals surface area contributed by atoms with Gasteiger partial charge in [-0.3, -0.25) is 0 Å². The first-order valence-electron chi connectivity index (χ1n) is 16.5. The highest BCUT2D eigenvalue weighted by atomic mass is 32.2. The molecule has 2 aromatic carbocycles. The summed E-state index contributed by atoms with van der Waals surface area (Å²) in [4.78, 5) is 28.0. The maximum atomic E-state index is 12.8. The van der Waals surface area contributed by atoms with Gasteiger partial charge < -0.3 is 24.2 Å². The van der Waals surface area contributed by atoms with Gasteiger partial charge >= 0.3 is 6.09 Å². The van der Waals surface area contributed by atoms with Gasteiger partial charge in [0.25, 0.3) is 0 Å². The third-order valence-corrected chi connectivity index (χ3v) is 11.5. The first-order chi connectivity index (χ1) is 22.9. The number of aryl methyl sites for hydroxylation is 1. The Morgan fingerprint density at radius 2 is 1.71 bits per heavy atom. The molecule has 0 N–H and O–H groups in total. The number of ether oxygens (including phenoxy) is 2. The monoisotopic (exact) mass is 691 g/mol. The molecule has 0 spiro atoms. The molecular formula is C34H45N7O5SSi.